The van der Waals surface area contributed by atoms with Crippen LogP contribution < -0.4 is 14.8 Å². The van der Waals surface area contributed by atoms with E-state index in [9.17, 15) is 5.11 Å². The molecule has 0 aliphatic rings. The van der Waals surface area contributed by atoms with Gasteiger partial charge in [-0.05, 0) is 57.6 Å². The summed E-state index contributed by atoms with van der Waals surface area (Å²) in [6.07, 6.45) is -0.544. The van der Waals surface area contributed by atoms with Gasteiger partial charge in [0.25, 0.3) is 0 Å². The molecule has 150 valence electrons. The summed E-state index contributed by atoms with van der Waals surface area (Å²) in [6, 6.07) is 10.6. The Morgan fingerprint density at radius 3 is 2.56 bits per heavy atom. The predicted molar refractivity (Wildman–Crippen MR) is 112 cm³/mol. The fourth-order valence-corrected chi connectivity index (χ4v) is 3.49. The second kappa shape index (κ2) is 10.7. The summed E-state index contributed by atoms with van der Waals surface area (Å²) in [7, 11) is 3.63. The molecule has 0 saturated carbocycles. The monoisotopic (exact) mass is 392 g/mol. The molecule has 0 amide bonds. The van der Waals surface area contributed by atoms with Crippen molar-refractivity contribution < 1.29 is 14.6 Å². The molecule has 2 rings (SSSR count). The van der Waals surface area contributed by atoms with Crippen molar-refractivity contribution in [1.29, 1.82) is 0 Å². The van der Waals surface area contributed by atoms with Crippen LogP contribution in [0.2, 0.25) is 0 Å². The average Bonchev–Trinajstić information content (AvgIpc) is 3.05. The number of aryl methyl sites for hydroxylation is 1. The number of nitrogens with one attached hydrogen (secondary N) is 1. The Balaban J connectivity index is 1.85. The van der Waals surface area contributed by atoms with Crippen molar-refractivity contribution in [2.24, 2.45) is 0 Å². The van der Waals surface area contributed by atoms with Gasteiger partial charge in [0.05, 0.1) is 7.11 Å². The number of hydrogen-bond donors (Lipinski definition) is 2. The zero-order chi connectivity index (χ0) is 19.8. The van der Waals surface area contributed by atoms with E-state index in [4.69, 9.17) is 9.47 Å². The third kappa shape index (κ3) is 7.14. The molecule has 0 saturated heterocycles. The summed E-state index contributed by atoms with van der Waals surface area (Å²) in [5, 5.41) is 13.6. The summed E-state index contributed by atoms with van der Waals surface area (Å²) < 4.78 is 11.2. The molecule has 5 nitrogen and oxygen atoms in total. The lowest BCUT2D eigenvalue weighted by molar-refractivity contribution is 0.0668. The van der Waals surface area contributed by atoms with Crippen molar-refractivity contribution in [3.8, 4) is 11.5 Å². The average molecular weight is 393 g/mol. The SMILES string of the molecule is COc1cc(CNCc2ccc(C)s2)ccc1OC[C@H](O)CN(C)C(C)C. The molecule has 27 heavy (non-hydrogen) atoms. The molecule has 1 aromatic heterocycles. The van der Waals surface area contributed by atoms with Gasteiger partial charge >= 0.3 is 0 Å². The minimum atomic E-state index is -0.544. The molecule has 0 unspecified atom stereocenters. The van der Waals surface area contributed by atoms with E-state index < -0.39 is 6.10 Å². The standard InChI is InChI=1S/C21H32N2O3S/c1-15(2)23(4)13-18(24)14-26-20-9-7-17(10-21(20)25-5)11-22-12-19-8-6-16(3)27-19/h6-10,15,18,22,24H,11-14H2,1-5H3/t18-/m1/s1. The van der Waals surface area contributed by atoms with Crippen LogP contribution in [0.25, 0.3) is 0 Å². The Labute approximate surface area is 166 Å². The number of nitrogens with zero attached hydrogens (tertiary/aromatic N) is 1. The topological polar surface area (TPSA) is 54.0 Å². The van der Waals surface area contributed by atoms with Crippen molar-refractivity contribution in [2.75, 3.05) is 27.3 Å². The molecule has 6 heteroatoms. The Bertz CT molecular complexity index is 702. The van der Waals surface area contributed by atoms with Crippen LogP contribution in [-0.4, -0.2) is 49.5 Å². The Morgan fingerprint density at radius 1 is 1.15 bits per heavy atom. The highest BCUT2D eigenvalue weighted by atomic mass is 32.1. The number of aliphatic hydroxyl groups excluding tert-OH is 1. The van der Waals surface area contributed by atoms with Gasteiger partial charge in [-0.3, -0.25) is 0 Å². The maximum Gasteiger partial charge on any atom is 0.161 e. The van der Waals surface area contributed by atoms with Gasteiger partial charge in [0.15, 0.2) is 11.5 Å². The lowest BCUT2D eigenvalue weighted by Gasteiger charge is -2.24. The highest BCUT2D eigenvalue weighted by molar-refractivity contribution is 7.11. The number of thiophene rings is 1. The summed E-state index contributed by atoms with van der Waals surface area (Å²) in [4.78, 5) is 4.76. The van der Waals surface area contributed by atoms with Gasteiger partial charge in [0, 0.05) is 35.4 Å². The van der Waals surface area contributed by atoms with Crippen molar-refractivity contribution in [1.82, 2.24) is 10.2 Å². The number of methoxy groups -OCH3 is 1. The predicted octanol–water partition coefficient (Wildman–Crippen LogP) is 3.43. The molecule has 1 atom stereocenters. The fourth-order valence-electron chi connectivity index (χ4n) is 2.63. The molecule has 0 radical (unpaired) electrons. The van der Waals surface area contributed by atoms with Gasteiger partial charge in [-0.1, -0.05) is 6.07 Å². The minimum absolute atomic E-state index is 0.239. The lowest BCUT2D eigenvalue weighted by Crippen LogP contribution is -2.36. The quantitative estimate of drug-likeness (QED) is 0.614. The molecular formula is C21H32N2O3S. The largest absolute Gasteiger partial charge is 0.493 e. The minimum Gasteiger partial charge on any atom is -0.493 e. The highest BCUT2D eigenvalue weighted by Gasteiger charge is 2.13. The first-order chi connectivity index (χ1) is 12.9. The summed E-state index contributed by atoms with van der Waals surface area (Å²) in [5.41, 5.74) is 1.13. The third-order valence-electron chi connectivity index (χ3n) is 4.46. The lowest BCUT2D eigenvalue weighted by atomic mass is 10.2. The van der Waals surface area contributed by atoms with Crippen LogP contribution in [0.15, 0.2) is 30.3 Å². The van der Waals surface area contributed by atoms with E-state index in [2.05, 4.69) is 43.1 Å². The van der Waals surface area contributed by atoms with Gasteiger partial charge in [-0.25, -0.2) is 0 Å². The van der Waals surface area contributed by atoms with Crippen LogP contribution in [0.3, 0.4) is 0 Å². The second-order valence-electron chi connectivity index (χ2n) is 7.10. The van der Waals surface area contributed by atoms with Crippen molar-refractivity contribution >= 4 is 11.3 Å². The Kier molecular flexibility index (Phi) is 8.57. The van der Waals surface area contributed by atoms with Crippen LogP contribution in [0, 0.1) is 6.92 Å². The normalized spacial score (nSPS) is 12.6. The van der Waals surface area contributed by atoms with E-state index in [-0.39, 0.29) is 6.61 Å². The van der Waals surface area contributed by atoms with Crippen LogP contribution in [0.1, 0.15) is 29.2 Å². The first kappa shape index (κ1) is 21.7. The number of aliphatic hydroxyl groups is 1. The van der Waals surface area contributed by atoms with Gasteiger partial charge in [0.2, 0.25) is 0 Å². The smallest absolute Gasteiger partial charge is 0.161 e. The van der Waals surface area contributed by atoms with E-state index in [0.717, 1.165) is 18.7 Å². The van der Waals surface area contributed by atoms with Crippen LogP contribution >= 0.6 is 11.3 Å². The molecule has 1 heterocycles. The Morgan fingerprint density at radius 2 is 1.93 bits per heavy atom. The molecule has 2 aromatic rings. The van der Waals surface area contributed by atoms with Gasteiger partial charge < -0.3 is 24.8 Å². The first-order valence-corrected chi connectivity index (χ1v) is 10.1. The highest BCUT2D eigenvalue weighted by Crippen LogP contribution is 2.28. The molecule has 2 N–H and O–H groups in total. The summed E-state index contributed by atoms with van der Waals surface area (Å²) in [5.74, 6) is 1.34. The van der Waals surface area contributed by atoms with E-state index in [0.29, 0.717) is 24.1 Å². The molecule has 0 fully saturated rings. The third-order valence-corrected chi connectivity index (χ3v) is 5.46. The van der Waals surface area contributed by atoms with Crippen molar-refractivity contribution in [2.45, 2.75) is 46.0 Å². The first-order valence-electron chi connectivity index (χ1n) is 9.33. The van der Waals surface area contributed by atoms with Crippen LogP contribution in [0.4, 0.5) is 0 Å². The molecule has 1 aromatic carbocycles. The van der Waals surface area contributed by atoms with Crippen molar-refractivity contribution in [3.63, 3.8) is 0 Å². The molecule has 0 aliphatic heterocycles. The van der Waals surface area contributed by atoms with Crippen molar-refractivity contribution in [3.05, 3.63) is 45.6 Å². The second-order valence-corrected chi connectivity index (χ2v) is 8.47. The number of rotatable bonds is 11. The van der Waals surface area contributed by atoms with Gasteiger partial charge in [0.1, 0.15) is 12.7 Å². The molecule has 0 bridgehead atoms. The number of likely N-dealkylation sites (N-methyl/N-ethyl adjacent to an activating group) is 1. The van der Waals surface area contributed by atoms with E-state index >= 15 is 0 Å². The van der Waals surface area contributed by atoms with E-state index in [1.54, 1.807) is 7.11 Å². The zero-order valence-electron chi connectivity index (χ0n) is 17.0. The van der Waals surface area contributed by atoms with Gasteiger partial charge in [-0.15, -0.1) is 11.3 Å². The number of hydrogen-bond acceptors (Lipinski definition) is 6. The number of benzene rings is 1. The summed E-state index contributed by atoms with van der Waals surface area (Å²) >= 11 is 1.81. The zero-order valence-corrected chi connectivity index (χ0v) is 17.8. The maximum atomic E-state index is 10.2. The van der Waals surface area contributed by atoms with Crippen LogP contribution in [0.5, 0.6) is 11.5 Å². The maximum absolute atomic E-state index is 10.2. The molecular weight excluding hydrogens is 360 g/mol. The fraction of sp³-hybridized carbons (Fsp3) is 0.524. The summed E-state index contributed by atoms with van der Waals surface area (Å²) in [6.45, 7) is 8.75. The van der Waals surface area contributed by atoms with Crippen LogP contribution in [-0.2, 0) is 13.1 Å². The van der Waals surface area contributed by atoms with E-state index in [1.807, 2.05) is 36.6 Å². The van der Waals surface area contributed by atoms with E-state index in [1.165, 1.54) is 9.75 Å². The number of ether oxygens (including phenoxy) is 2. The molecule has 0 spiro atoms. The van der Waals surface area contributed by atoms with Gasteiger partial charge in [-0.2, -0.15) is 0 Å². The Hall–Kier alpha value is -1.60. The molecule has 0 aliphatic carbocycles.